The van der Waals surface area contributed by atoms with E-state index in [2.05, 4.69) is 38.5 Å². The number of nitrogens with zero attached hydrogens (tertiary/aromatic N) is 4. The Kier molecular flexibility index (Phi) is 4.46. The van der Waals surface area contributed by atoms with E-state index in [9.17, 15) is 0 Å². The molecule has 0 aliphatic carbocycles. The van der Waals surface area contributed by atoms with Crippen molar-refractivity contribution in [2.45, 2.75) is 19.5 Å². The number of pyridine rings is 1. The topological polar surface area (TPSA) is 46.0 Å². The molecule has 1 atom stereocenters. The molecule has 1 saturated heterocycles. The number of aromatic nitrogens is 3. The minimum atomic E-state index is 0.271. The summed E-state index contributed by atoms with van der Waals surface area (Å²) in [5.41, 5.74) is 4.35. The minimum Gasteiger partial charge on any atom is -0.314 e. The van der Waals surface area contributed by atoms with E-state index in [1.54, 1.807) is 0 Å². The predicted molar refractivity (Wildman–Crippen MR) is 101 cm³/mol. The Labute approximate surface area is 152 Å². The number of nitrogens with one attached hydrogen (secondary N) is 1. The van der Waals surface area contributed by atoms with E-state index < -0.39 is 0 Å². The van der Waals surface area contributed by atoms with Gasteiger partial charge in [-0.1, -0.05) is 29.8 Å². The van der Waals surface area contributed by atoms with Crippen molar-refractivity contribution >= 4 is 22.6 Å². The van der Waals surface area contributed by atoms with Gasteiger partial charge in [-0.2, -0.15) is 5.10 Å². The molecule has 1 N–H and O–H groups in total. The standard InChI is InChI=1S/C19H22ClN5/c1-13-16-9-14(10-22-19(16)24(2)23-13)12-25-8-7-21-11-18(25)15-5-3-4-6-17(15)20/h3-6,9-10,18,21H,7-8,11-12H2,1-2H3. The van der Waals surface area contributed by atoms with Crippen molar-refractivity contribution in [3.05, 3.63) is 58.4 Å². The van der Waals surface area contributed by atoms with Gasteiger partial charge in [0.15, 0.2) is 5.65 Å². The van der Waals surface area contributed by atoms with Crippen molar-refractivity contribution in [3.63, 3.8) is 0 Å². The van der Waals surface area contributed by atoms with E-state index in [-0.39, 0.29) is 6.04 Å². The second-order valence-electron chi connectivity index (χ2n) is 6.64. The maximum Gasteiger partial charge on any atom is 0.157 e. The first kappa shape index (κ1) is 16.5. The second-order valence-corrected chi connectivity index (χ2v) is 7.04. The van der Waals surface area contributed by atoms with Gasteiger partial charge in [-0.25, -0.2) is 4.98 Å². The summed E-state index contributed by atoms with van der Waals surface area (Å²) in [6, 6.07) is 10.6. The number of rotatable bonds is 3. The van der Waals surface area contributed by atoms with Crippen LogP contribution in [0.2, 0.25) is 5.02 Å². The first-order valence-corrected chi connectivity index (χ1v) is 8.98. The predicted octanol–water partition coefficient (Wildman–Crippen LogP) is 3.08. The zero-order valence-electron chi connectivity index (χ0n) is 14.5. The molecular formula is C19H22ClN5. The van der Waals surface area contributed by atoms with Crippen LogP contribution in [0.4, 0.5) is 0 Å². The molecule has 1 aliphatic rings. The molecule has 0 saturated carbocycles. The number of halogens is 1. The third-order valence-electron chi connectivity index (χ3n) is 4.92. The van der Waals surface area contributed by atoms with Gasteiger partial charge in [-0.05, 0) is 30.2 Å². The van der Waals surface area contributed by atoms with Crippen molar-refractivity contribution in [1.29, 1.82) is 0 Å². The van der Waals surface area contributed by atoms with Crippen LogP contribution < -0.4 is 5.32 Å². The van der Waals surface area contributed by atoms with Crippen LogP contribution in [-0.2, 0) is 13.6 Å². The summed E-state index contributed by atoms with van der Waals surface area (Å²) in [5.74, 6) is 0. The van der Waals surface area contributed by atoms with Crippen molar-refractivity contribution < 1.29 is 0 Å². The van der Waals surface area contributed by atoms with Crippen molar-refractivity contribution in [2.75, 3.05) is 19.6 Å². The van der Waals surface area contributed by atoms with Crippen LogP contribution in [0.15, 0.2) is 36.5 Å². The van der Waals surface area contributed by atoms with Gasteiger partial charge in [-0.15, -0.1) is 0 Å². The quantitative estimate of drug-likeness (QED) is 0.784. The Hall–Kier alpha value is -1.95. The number of benzene rings is 1. The maximum atomic E-state index is 6.45. The molecule has 1 fully saturated rings. The average Bonchev–Trinajstić information content (AvgIpc) is 2.90. The van der Waals surface area contributed by atoms with Crippen LogP contribution in [-0.4, -0.2) is 39.3 Å². The van der Waals surface area contributed by atoms with Crippen LogP contribution in [0.3, 0.4) is 0 Å². The van der Waals surface area contributed by atoms with Gasteiger partial charge in [0.1, 0.15) is 0 Å². The number of aryl methyl sites for hydroxylation is 2. The Morgan fingerprint density at radius 2 is 2.16 bits per heavy atom. The normalized spacial score (nSPS) is 18.8. The molecule has 1 aliphatic heterocycles. The fourth-order valence-corrected chi connectivity index (χ4v) is 3.92. The summed E-state index contributed by atoms with van der Waals surface area (Å²) in [6.07, 6.45) is 1.97. The first-order valence-electron chi connectivity index (χ1n) is 8.61. The second kappa shape index (κ2) is 6.75. The highest BCUT2D eigenvalue weighted by atomic mass is 35.5. The molecule has 0 amide bonds. The number of hydrogen-bond acceptors (Lipinski definition) is 4. The molecule has 4 rings (SSSR count). The molecule has 3 heterocycles. The molecule has 6 heteroatoms. The minimum absolute atomic E-state index is 0.271. The monoisotopic (exact) mass is 355 g/mol. The summed E-state index contributed by atoms with van der Waals surface area (Å²) < 4.78 is 1.84. The van der Waals surface area contributed by atoms with Crippen molar-refractivity contribution in [3.8, 4) is 0 Å². The third kappa shape index (κ3) is 3.15. The largest absolute Gasteiger partial charge is 0.314 e. The summed E-state index contributed by atoms with van der Waals surface area (Å²) in [5, 5.41) is 9.91. The highest BCUT2D eigenvalue weighted by molar-refractivity contribution is 6.31. The third-order valence-corrected chi connectivity index (χ3v) is 5.27. The highest BCUT2D eigenvalue weighted by Gasteiger charge is 2.25. The lowest BCUT2D eigenvalue weighted by Crippen LogP contribution is -2.45. The van der Waals surface area contributed by atoms with E-state index in [1.165, 1.54) is 11.1 Å². The summed E-state index contributed by atoms with van der Waals surface area (Å²) in [4.78, 5) is 7.09. The molecule has 2 aromatic heterocycles. The fourth-order valence-electron chi connectivity index (χ4n) is 3.66. The molecule has 1 aromatic carbocycles. The van der Waals surface area contributed by atoms with E-state index in [4.69, 9.17) is 11.6 Å². The molecule has 130 valence electrons. The summed E-state index contributed by atoms with van der Waals surface area (Å²) in [7, 11) is 1.94. The average molecular weight is 356 g/mol. The Morgan fingerprint density at radius 3 is 3.00 bits per heavy atom. The van der Waals surface area contributed by atoms with E-state index in [1.807, 2.05) is 37.0 Å². The fraction of sp³-hybridized carbons (Fsp3) is 0.368. The molecule has 3 aromatic rings. The number of piperazine rings is 1. The Balaban J connectivity index is 1.64. The molecule has 25 heavy (non-hydrogen) atoms. The molecule has 1 unspecified atom stereocenters. The SMILES string of the molecule is Cc1nn(C)c2ncc(CN3CCNCC3c3ccccc3Cl)cc12. The molecule has 0 bridgehead atoms. The maximum absolute atomic E-state index is 6.45. The van der Waals surface area contributed by atoms with Gasteiger partial charge in [0.25, 0.3) is 0 Å². The van der Waals surface area contributed by atoms with Crippen molar-refractivity contribution in [2.24, 2.45) is 7.05 Å². The van der Waals surface area contributed by atoms with Gasteiger partial charge >= 0.3 is 0 Å². The Morgan fingerprint density at radius 1 is 1.32 bits per heavy atom. The smallest absolute Gasteiger partial charge is 0.157 e. The lowest BCUT2D eigenvalue weighted by molar-refractivity contribution is 0.153. The molecule has 0 radical (unpaired) electrons. The van der Waals surface area contributed by atoms with E-state index in [0.29, 0.717) is 0 Å². The highest BCUT2D eigenvalue weighted by Crippen LogP contribution is 2.30. The van der Waals surface area contributed by atoms with Crippen LogP contribution in [0.1, 0.15) is 22.9 Å². The van der Waals surface area contributed by atoms with Gasteiger partial charge in [-0.3, -0.25) is 9.58 Å². The molecular weight excluding hydrogens is 334 g/mol. The molecule has 0 spiro atoms. The van der Waals surface area contributed by atoms with Crippen LogP contribution >= 0.6 is 11.6 Å². The van der Waals surface area contributed by atoms with Gasteiger partial charge in [0.2, 0.25) is 0 Å². The van der Waals surface area contributed by atoms with E-state index >= 15 is 0 Å². The zero-order valence-corrected chi connectivity index (χ0v) is 15.3. The summed E-state index contributed by atoms with van der Waals surface area (Å²) in [6.45, 7) is 5.77. The first-order chi connectivity index (χ1) is 12.1. The van der Waals surface area contributed by atoms with Crippen LogP contribution in [0, 0.1) is 6.92 Å². The van der Waals surface area contributed by atoms with Gasteiger partial charge in [0.05, 0.1) is 5.69 Å². The molecule has 5 nitrogen and oxygen atoms in total. The van der Waals surface area contributed by atoms with Gasteiger partial charge in [0, 0.05) is 55.9 Å². The Bertz CT molecular complexity index is 904. The summed E-state index contributed by atoms with van der Waals surface area (Å²) >= 11 is 6.45. The lowest BCUT2D eigenvalue weighted by Gasteiger charge is -2.37. The van der Waals surface area contributed by atoms with Crippen LogP contribution in [0.25, 0.3) is 11.0 Å². The van der Waals surface area contributed by atoms with Gasteiger partial charge < -0.3 is 5.32 Å². The van der Waals surface area contributed by atoms with Crippen LogP contribution in [0.5, 0.6) is 0 Å². The zero-order chi connectivity index (χ0) is 17.4. The van der Waals surface area contributed by atoms with E-state index in [0.717, 1.165) is 47.9 Å². The van der Waals surface area contributed by atoms with Crippen molar-refractivity contribution in [1.82, 2.24) is 25.0 Å². The number of hydrogen-bond donors (Lipinski definition) is 1. The number of fused-ring (bicyclic) bond motifs is 1. The lowest BCUT2D eigenvalue weighted by atomic mass is 10.0.